The van der Waals surface area contributed by atoms with Gasteiger partial charge in [-0.05, 0) is 57.3 Å². The first-order chi connectivity index (χ1) is 19.8. The molecule has 1 N–H and O–H groups in total. The van der Waals surface area contributed by atoms with Gasteiger partial charge in [0.2, 0.25) is 5.96 Å². The van der Waals surface area contributed by atoms with Gasteiger partial charge >= 0.3 is 0 Å². The Kier molecular flexibility index (Phi) is 5.39. The van der Waals surface area contributed by atoms with Crippen LogP contribution in [0.15, 0.2) is 144 Å². The fourth-order valence-electron chi connectivity index (χ4n) is 5.80. The molecule has 7 aromatic rings. The van der Waals surface area contributed by atoms with E-state index in [2.05, 4.69) is 149 Å². The first-order valence-corrected chi connectivity index (χ1v) is 14.4. The molecule has 3 heterocycles. The minimum absolute atomic E-state index is 0.127. The van der Waals surface area contributed by atoms with Crippen molar-refractivity contribution in [2.75, 3.05) is 0 Å². The van der Waals surface area contributed by atoms with Gasteiger partial charge in [0.25, 0.3) is 0 Å². The zero-order valence-electron chi connectivity index (χ0n) is 21.7. The maximum atomic E-state index is 5.34. The molecular formula is C36H25N3S. The van der Waals surface area contributed by atoms with Crippen molar-refractivity contribution >= 4 is 54.9 Å². The zero-order valence-corrected chi connectivity index (χ0v) is 22.5. The van der Waals surface area contributed by atoms with Gasteiger partial charge in [0.1, 0.15) is 0 Å². The van der Waals surface area contributed by atoms with Gasteiger partial charge < -0.3 is 5.32 Å². The molecule has 1 atom stereocenters. The Morgan fingerprint density at radius 3 is 2.12 bits per heavy atom. The van der Waals surface area contributed by atoms with Crippen LogP contribution in [0.1, 0.15) is 17.2 Å². The van der Waals surface area contributed by atoms with Crippen molar-refractivity contribution in [1.82, 2.24) is 9.88 Å². The number of nitrogens with zero attached hydrogens (tertiary/aromatic N) is 2. The van der Waals surface area contributed by atoms with Crippen molar-refractivity contribution in [3.8, 4) is 11.1 Å². The maximum absolute atomic E-state index is 5.34. The summed E-state index contributed by atoms with van der Waals surface area (Å²) in [7, 11) is 0. The molecule has 0 aliphatic carbocycles. The molecule has 5 aromatic carbocycles. The van der Waals surface area contributed by atoms with Crippen LogP contribution in [0.4, 0.5) is 0 Å². The maximum Gasteiger partial charge on any atom is 0.208 e. The Bertz CT molecular complexity index is 2060. The van der Waals surface area contributed by atoms with Gasteiger partial charge in [0.05, 0.1) is 17.1 Å². The van der Waals surface area contributed by atoms with E-state index in [1.165, 1.54) is 32.0 Å². The summed E-state index contributed by atoms with van der Waals surface area (Å²) in [6.07, 6.45) is 2.24. The average Bonchev–Trinajstić information content (AvgIpc) is 3.64. The van der Waals surface area contributed by atoms with E-state index in [1.807, 2.05) is 0 Å². The molecule has 1 aliphatic heterocycles. The number of para-hydroxylation sites is 1. The molecule has 0 radical (unpaired) electrons. The second-order valence-corrected chi connectivity index (χ2v) is 11.0. The summed E-state index contributed by atoms with van der Waals surface area (Å²) in [5.41, 5.74) is 8.10. The topological polar surface area (TPSA) is 29.3 Å². The van der Waals surface area contributed by atoms with Crippen molar-refractivity contribution in [3.05, 3.63) is 150 Å². The van der Waals surface area contributed by atoms with Crippen LogP contribution in [0, 0.1) is 0 Å². The van der Waals surface area contributed by atoms with E-state index in [0.29, 0.717) is 0 Å². The minimum atomic E-state index is -0.127. The Labute approximate surface area is 236 Å². The third-order valence-electron chi connectivity index (χ3n) is 7.74. The van der Waals surface area contributed by atoms with Crippen molar-refractivity contribution in [1.29, 1.82) is 0 Å². The van der Waals surface area contributed by atoms with E-state index < -0.39 is 0 Å². The molecule has 8 rings (SSSR count). The second kappa shape index (κ2) is 9.37. The van der Waals surface area contributed by atoms with Crippen LogP contribution in [0.3, 0.4) is 0 Å². The van der Waals surface area contributed by atoms with Crippen molar-refractivity contribution in [2.24, 2.45) is 4.99 Å². The number of hydrogen-bond donors (Lipinski definition) is 1. The molecule has 0 saturated heterocycles. The standard InChI is InChI=1S/C36H25N3S/c1-3-9-24(10-4-1)25-15-17-27(18-16-25)31-23-30(26-11-5-2-6-12-26)37-36(38-31)39-32-14-8-7-13-29(32)34-33(39)20-19-28-21-22-40-35(28)34/h1-23,31H,(H,37,38). The molecule has 0 saturated carbocycles. The summed E-state index contributed by atoms with van der Waals surface area (Å²) >= 11 is 1.80. The highest BCUT2D eigenvalue weighted by atomic mass is 32.1. The van der Waals surface area contributed by atoms with E-state index in [1.54, 1.807) is 11.3 Å². The molecule has 190 valence electrons. The summed E-state index contributed by atoms with van der Waals surface area (Å²) in [5, 5.41) is 9.70. The lowest BCUT2D eigenvalue weighted by molar-refractivity contribution is 0.860. The molecule has 40 heavy (non-hydrogen) atoms. The second-order valence-electron chi connectivity index (χ2n) is 10.1. The van der Waals surface area contributed by atoms with Crippen LogP contribution in [-0.2, 0) is 0 Å². The number of benzene rings is 5. The number of thiophene rings is 1. The van der Waals surface area contributed by atoms with Gasteiger partial charge in [-0.15, -0.1) is 11.3 Å². The minimum Gasteiger partial charge on any atom is -0.325 e. The fourth-order valence-corrected chi connectivity index (χ4v) is 6.76. The summed E-state index contributed by atoms with van der Waals surface area (Å²) in [6.45, 7) is 0. The SMILES string of the molecule is C1=C(c2ccccc2)NC(n2c3ccccc3c3c4sccc4ccc32)=NC1c1ccc(-c2ccccc2)cc1. The van der Waals surface area contributed by atoms with Crippen LogP contribution >= 0.6 is 11.3 Å². The lowest BCUT2D eigenvalue weighted by atomic mass is 9.99. The summed E-state index contributed by atoms with van der Waals surface area (Å²) in [5.74, 6) is 0.834. The van der Waals surface area contributed by atoms with Crippen molar-refractivity contribution in [2.45, 2.75) is 6.04 Å². The molecule has 0 spiro atoms. The zero-order chi connectivity index (χ0) is 26.5. The molecular weight excluding hydrogens is 506 g/mol. The third-order valence-corrected chi connectivity index (χ3v) is 8.69. The number of nitrogens with one attached hydrogen (secondary N) is 1. The van der Waals surface area contributed by atoms with E-state index in [0.717, 1.165) is 33.8 Å². The first-order valence-electron chi connectivity index (χ1n) is 13.5. The molecule has 2 aromatic heterocycles. The number of rotatable bonds is 3. The van der Waals surface area contributed by atoms with Crippen molar-refractivity contribution in [3.63, 3.8) is 0 Å². The fraction of sp³-hybridized carbons (Fsp3) is 0.0278. The van der Waals surface area contributed by atoms with Crippen molar-refractivity contribution < 1.29 is 0 Å². The van der Waals surface area contributed by atoms with Gasteiger partial charge in [-0.2, -0.15) is 0 Å². The number of hydrogen-bond acceptors (Lipinski definition) is 3. The lowest BCUT2D eigenvalue weighted by Gasteiger charge is -2.24. The molecule has 0 bridgehead atoms. The van der Waals surface area contributed by atoms with E-state index in [-0.39, 0.29) is 6.04 Å². The highest BCUT2D eigenvalue weighted by Gasteiger charge is 2.23. The highest BCUT2D eigenvalue weighted by Crippen LogP contribution is 2.38. The molecule has 1 aliphatic rings. The Morgan fingerprint density at radius 1 is 0.625 bits per heavy atom. The molecule has 0 amide bonds. The van der Waals surface area contributed by atoms with E-state index in [9.17, 15) is 0 Å². The lowest BCUT2D eigenvalue weighted by Crippen LogP contribution is -2.32. The predicted octanol–water partition coefficient (Wildman–Crippen LogP) is 9.27. The number of fused-ring (bicyclic) bond motifs is 5. The number of aromatic nitrogens is 1. The molecule has 4 heteroatoms. The average molecular weight is 532 g/mol. The van der Waals surface area contributed by atoms with Crippen LogP contribution in [-0.4, -0.2) is 10.5 Å². The van der Waals surface area contributed by atoms with Gasteiger partial charge in [-0.1, -0.05) is 109 Å². The smallest absolute Gasteiger partial charge is 0.208 e. The molecule has 1 unspecified atom stereocenters. The Balaban J connectivity index is 1.32. The largest absolute Gasteiger partial charge is 0.325 e. The summed E-state index contributed by atoms with van der Waals surface area (Å²) < 4.78 is 3.61. The highest BCUT2D eigenvalue weighted by molar-refractivity contribution is 7.18. The van der Waals surface area contributed by atoms with Gasteiger partial charge in [0, 0.05) is 21.2 Å². The van der Waals surface area contributed by atoms with Gasteiger partial charge in [-0.3, -0.25) is 4.57 Å². The monoisotopic (exact) mass is 531 g/mol. The van der Waals surface area contributed by atoms with Crippen LogP contribution in [0.25, 0.3) is 48.7 Å². The number of aliphatic imine (C=N–C) groups is 1. The van der Waals surface area contributed by atoms with E-state index >= 15 is 0 Å². The third kappa shape index (κ3) is 3.76. The summed E-state index contributed by atoms with van der Waals surface area (Å²) in [4.78, 5) is 5.34. The Hall–Kier alpha value is -4.93. The van der Waals surface area contributed by atoms with Gasteiger partial charge in [-0.25, -0.2) is 4.99 Å². The Morgan fingerprint density at radius 2 is 1.32 bits per heavy atom. The van der Waals surface area contributed by atoms with Crippen LogP contribution in [0.2, 0.25) is 0 Å². The van der Waals surface area contributed by atoms with Crippen LogP contribution in [0.5, 0.6) is 0 Å². The van der Waals surface area contributed by atoms with Crippen LogP contribution < -0.4 is 5.32 Å². The summed E-state index contributed by atoms with van der Waals surface area (Å²) in [6, 6.07) is 45.0. The van der Waals surface area contributed by atoms with Gasteiger partial charge in [0.15, 0.2) is 0 Å². The van der Waals surface area contributed by atoms with E-state index in [4.69, 9.17) is 4.99 Å². The first kappa shape index (κ1) is 23.0. The normalized spacial score (nSPS) is 15.2. The molecule has 0 fully saturated rings. The molecule has 3 nitrogen and oxygen atoms in total. The quantitative estimate of drug-likeness (QED) is 0.242. The predicted molar refractivity (Wildman–Crippen MR) is 170 cm³/mol.